The van der Waals surface area contributed by atoms with E-state index in [2.05, 4.69) is 10.6 Å². The van der Waals surface area contributed by atoms with Gasteiger partial charge in [0.05, 0.1) is 10.6 Å². The van der Waals surface area contributed by atoms with Crippen LogP contribution in [-0.2, 0) is 19.6 Å². The summed E-state index contributed by atoms with van der Waals surface area (Å²) in [5, 5.41) is 5.45. The molecule has 0 aliphatic carbocycles. The molecule has 1 saturated heterocycles. The zero-order valence-electron chi connectivity index (χ0n) is 16.1. The summed E-state index contributed by atoms with van der Waals surface area (Å²) in [4.78, 5) is 24.3. The van der Waals surface area contributed by atoms with Gasteiger partial charge in [-0.05, 0) is 61.4 Å². The predicted molar refractivity (Wildman–Crippen MR) is 115 cm³/mol. The number of hydrogen-bond donors (Lipinski definition) is 2. The molecule has 3 rings (SSSR count). The molecule has 1 aliphatic heterocycles. The van der Waals surface area contributed by atoms with Gasteiger partial charge < -0.3 is 10.6 Å². The molecule has 1 heterocycles. The van der Waals surface area contributed by atoms with Gasteiger partial charge in [0.15, 0.2) is 0 Å². The van der Waals surface area contributed by atoms with Crippen molar-refractivity contribution in [1.82, 2.24) is 4.31 Å². The average Bonchev–Trinajstić information content (AvgIpc) is 3.24. The highest BCUT2D eigenvalue weighted by molar-refractivity contribution is 8.00. The molecule has 1 fully saturated rings. The first-order chi connectivity index (χ1) is 13.8. The van der Waals surface area contributed by atoms with Crippen molar-refractivity contribution in [2.45, 2.75) is 29.6 Å². The van der Waals surface area contributed by atoms with E-state index in [0.717, 1.165) is 17.7 Å². The number of anilines is 2. The maximum atomic E-state index is 12.5. The van der Waals surface area contributed by atoms with Gasteiger partial charge in [-0.25, -0.2) is 8.42 Å². The largest absolute Gasteiger partial charge is 0.326 e. The minimum Gasteiger partial charge on any atom is -0.326 e. The third-order valence-electron chi connectivity index (χ3n) is 4.39. The van der Waals surface area contributed by atoms with Crippen molar-refractivity contribution in [2.24, 2.45) is 0 Å². The molecule has 154 valence electrons. The quantitative estimate of drug-likeness (QED) is 0.654. The Morgan fingerprint density at radius 1 is 0.931 bits per heavy atom. The number of sulfonamides is 1. The Kier molecular flexibility index (Phi) is 6.94. The fourth-order valence-corrected chi connectivity index (χ4v) is 5.19. The number of carbonyl (C=O) groups is 2. The summed E-state index contributed by atoms with van der Waals surface area (Å²) in [6, 6.07) is 13.5. The lowest BCUT2D eigenvalue weighted by atomic mass is 10.3. The Balaban J connectivity index is 1.52. The van der Waals surface area contributed by atoms with Gasteiger partial charge in [0.1, 0.15) is 0 Å². The first-order valence-corrected chi connectivity index (χ1v) is 11.7. The monoisotopic (exact) mass is 433 g/mol. The molecule has 2 N–H and O–H groups in total. The summed E-state index contributed by atoms with van der Waals surface area (Å²) in [5.74, 6) is -0.125. The van der Waals surface area contributed by atoms with Gasteiger partial charge in [0, 0.05) is 36.3 Å². The van der Waals surface area contributed by atoms with Crippen molar-refractivity contribution >= 4 is 45.0 Å². The third-order valence-corrected chi connectivity index (χ3v) is 7.31. The van der Waals surface area contributed by atoms with Crippen LogP contribution >= 0.6 is 11.8 Å². The summed E-state index contributed by atoms with van der Waals surface area (Å²) >= 11 is 1.33. The second-order valence-electron chi connectivity index (χ2n) is 6.68. The summed E-state index contributed by atoms with van der Waals surface area (Å²) in [5.41, 5.74) is 1.30. The van der Waals surface area contributed by atoms with Crippen LogP contribution in [0, 0.1) is 0 Å². The molecule has 2 aromatic rings. The molecule has 0 bridgehead atoms. The molecule has 0 atom stereocenters. The normalized spacial score (nSPS) is 14.5. The zero-order chi connectivity index (χ0) is 20.9. The van der Waals surface area contributed by atoms with E-state index in [9.17, 15) is 18.0 Å². The summed E-state index contributed by atoms with van der Waals surface area (Å²) in [7, 11) is -3.42. The Morgan fingerprint density at radius 3 is 2.03 bits per heavy atom. The maximum Gasteiger partial charge on any atom is 0.243 e. The first-order valence-electron chi connectivity index (χ1n) is 9.25. The van der Waals surface area contributed by atoms with E-state index in [1.165, 1.54) is 23.0 Å². The number of amides is 2. The number of hydrogen-bond acceptors (Lipinski definition) is 5. The van der Waals surface area contributed by atoms with E-state index in [4.69, 9.17) is 0 Å². The minimum atomic E-state index is -3.42. The second kappa shape index (κ2) is 9.43. The van der Waals surface area contributed by atoms with Gasteiger partial charge in [0.25, 0.3) is 0 Å². The molecule has 0 unspecified atom stereocenters. The highest BCUT2D eigenvalue weighted by Crippen LogP contribution is 2.24. The van der Waals surface area contributed by atoms with Crippen molar-refractivity contribution < 1.29 is 18.0 Å². The molecule has 0 aromatic heterocycles. The predicted octanol–water partition coefficient (Wildman–Crippen LogP) is 3.16. The summed E-state index contributed by atoms with van der Waals surface area (Å²) < 4.78 is 26.6. The van der Waals surface area contributed by atoms with Crippen LogP contribution < -0.4 is 10.6 Å². The smallest absolute Gasteiger partial charge is 0.243 e. The summed E-state index contributed by atoms with van der Waals surface area (Å²) in [6.07, 6.45) is 1.80. The minimum absolute atomic E-state index is 0.155. The SMILES string of the molecule is CC(=O)Nc1ccc(NC(=O)CSc2ccc(S(=O)(=O)N3CCCC3)cc2)cc1. The number of rotatable bonds is 7. The highest BCUT2D eigenvalue weighted by atomic mass is 32.2. The highest BCUT2D eigenvalue weighted by Gasteiger charge is 2.26. The van der Waals surface area contributed by atoms with E-state index in [0.29, 0.717) is 24.5 Å². The maximum absolute atomic E-state index is 12.5. The van der Waals surface area contributed by atoms with Crippen LogP contribution in [0.4, 0.5) is 11.4 Å². The van der Waals surface area contributed by atoms with E-state index < -0.39 is 10.0 Å². The van der Waals surface area contributed by atoms with Crippen LogP contribution in [0.1, 0.15) is 19.8 Å². The molecule has 0 spiro atoms. The number of nitrogens with zero attached hydrogens (tertiary/aromatic N) is 1. The Bertz CT molecular complexity index is 968. The number of thioether (sulfide) groups is 1. The molecule has 2 aromatic carbocycles. The molecule has 9 heteroatoms. The second-order valence-corrected chi connectivity index (χ2v) is 9.66. The van der Waals surface area contributed by atoms with Crippen molar-refractivity contribution in [3.8, 4) is 0 Å². The average molecular weight is 434 g/mol. The zero-order valence-corrected chi connectivity index (χ0v) is 17.7. The Hall–Kier alpha value is -2.36. The van der Waals surface area contributed by atoms with Gasteiger partial charge in [-0.1, -0.05) is 0 Å². The molecule has 1 aliphatic rings. The van der Waals surface area contributed by atoms with Gasteiger partial charge in [-0.2, -0.15) is 4.31 Å². The van der Waals surface area contributed by atoms with E-state index >= 15 is 0 Å². The van der Waals surface area contributed by atoms with Crippen LogP contribution in [0.3, 0.4) is 0 Å². The van der Waals surface area contributed by atoms with Crippen LogP contribution in [0.2, 0.25) is 0 Å². The molecule has 7 nitrogen and oxygen atoms in total. The van der Waals surface area contributed by atoms with Crippen LogP contribution in [0.15, 0.2) is 58.3 Å². The molecule has 0 saturated carbocycles. The third kappa shape index (κ3) is 5.81. The lowest BCUT2D eigenvalue weighted by Gasteiger charge is -2.15. The van der Waals surface area contributed by atoms with Gasteiger partial charge in [0.2, 0.25) is 21.8 Å². The lowest BCUT2D eigenvalue weighted by molar-refractivity contribution is -0.114. The Labute approximate surface area is 174 Å². The molecular formula is C20H23N3O4S2. The fourth-order valence-electron chi connectivity index (χ4n) is 2.97. The van der Waals surface area contributed by atoms with Crippen molar-refractivity contribution in [3.63, 3.8) is 0 Å². The summed E-state index contributed by atoms with van der Waals surface area (Å²) in [6.45, 7) is 2.58. The Morgan fingerprint density at radius 2 is 1.48 bits per heavy atom. The molecular weight excluding hydrogens is 410 g/mol. The topological polar surface area (TPSA) is 95.6 Å². The number of benzene rings is 2. The van der Waals surface area contributed by atoms with Gasteiger partial charge in [-0.3, -0.25) is 9.59 Å². The molecule has 2 amide bonds. The number of nitrogens with one attached hydrogen (secondary N) is 2. The van der Waals surface area contributed by atoms with Crippen molar-refractivity contribution in [2.75, 3.05) is 29.5 Å². The lowest BCUT2D eigenvalue weighted by Crippen LogP contribution is -2.27. The molecule has 29 heavy (non-hydrogen) atoms. The van der Waals surface area contributed by atoms with Gasteiger partial charge >= 0.3 is 0 Å². The van der Waals surface area contributed by atoms with Crippen molar-refractivity contribution in [1.29, 1.82) is 0 Å². The van der Waals surface area contributed by atoms with Crippen LogP contribution in [-0.4, -0.2) is 43.4 Å². The fraction of sp³-hybridized carbons (Fsp3) is 0.300. The standard InChI is InChI=1S/C20H23N3O4S2/c1-15(24)21-16-4-6-17(7-5-16)22-20(25)14-28-18-8-10-19(11-9-18)29(26,27)23-12-2-3-13-23/h4-11H,2-3,12-14H2,1H3,(H,21,24)(H,22,25). The van der Waals surface area contributed by atoms with Gasteiger partial charge in [-0.15, -0.1) is 11.8 Å². The van der Waals surface area contributed by atoms with E-state index in [-0.39, 0.29) is 22.5 Å². The van der Waals surface area contributed by atoms with E-state index in [1.54, 1.807) is 48.5 Å². The molecule has 0 radical (unpaired) electrons. The van der Waals surface area contributed by atoms with Crippen LogP contribution in [0.25, 0.3) is 0 Å². The van der Waals surface area contributed by atoms with Crippen molar-refractivity contribution in [3.05, 3.63) is 48.5 Å². The van der Waals surface area contributed by atoms with Crippen LogP contribution in [0.5, 0.6) is 0 Å². The number of carbonyl (C=O) groups excluding carboxylic acids is 2. The van der Waals surface area contributed by atoms with E-state index in [1.807, 2.05) is 0 Å². The first kappa shape index (κ1) is 21.4.